The SMILES string of the molecule is CCCCCC(C)n1nc(C)c(N=Nc2c(C#N)cnn2C(C)CCNCC)c1N. The lowest BCUT2D eigenvalue weighted by Crippen LogP contribution is -2.18. The van der Waals surface area contributed by atoms with Crippen LogP contribution >= 0.6 is 0 Å². The molecule has 0 saturated carbocycles. The van der Waals surface area contributed by atoms with Crippen LogP contribution < -0.4 is 11.1 Å². The molecule has 30 heavy (non-hydrogen) atoms. The van der Waals surface area contributed by atoms with Gasteiger partial charge in [0.05, 0.1) is 24.0 Å². The second-order valence-corrected chi connectivity index (χ2v) is 7.74. The van der Waals surface area contributed by atoms with Crippen molar-refractivity contribution in [2.24, 2.45) is 10.2 Å². The van der Waals surface area contributed by atoms with Crippen molar-refractivity contribution < 1.29 is 0 Å². The number of anilines is 1. The fraction of sp³-hybridized carbons (Fsp3) is 0.667. The Morgan fingerprint density at radius 2 is 1.90 bits per heavy atom. The molecule has 9 heteroatoms. The maximum atomic E-state index is 9.46. The Morgan fingerprint density at radius 1 is 1.17 bits per heavy atom. The van der Waals surface area contributed by atoms with E-state index in [1.165, 1.54) is 19.0 Å². The van der Waals surface area contributed by atoms with Gasteiger partial charge in [-0.15, -0.1) is 10.2 Å². The molecule has 2 unspecified atom stereocenters. The first-order valence-electron chi connectivity index (χ1n) is 10.9. The molecule has 164 valence electrons. The van der Waals surface area contributed by atoms with E-state index in [0.29, 0.717) is 22.9 Å². The molecule has 0 radical (unpaired) electrons. The monoisotopic (exact) mass is 413 g/mol. The van der Waals surface area contributed by atoms with Gasteiger partial charge in [0.25, 0.3) is 0 Å². The zero-order valence-corrected chi connectivity index (χ0v) is 18.9. The molecule has 0 bridgehead atoms. The lowest BCUT2D eigenvalue weighted by Gasteiger charge is -2.14. The minimum atomic E-state index is 0.0832. The van der Waals surface area contributed by atoms with Gasteiger partial charge in [-0.3, -0.25) is 0 Å². The molecule has 0 saturated heterocycles. The normalized spacial score (nSPS) is 13.6. The van der Waals surface area contributed by atoms with Crippen molar-refractivity contribution in [1.82, 2.24) is 24.9 Å². The number of aryl methyl sites for hydroxylation is 1. The van der Waals surface area contributed by atoms with Gasteiger partial charge >= 0.3 is 0 Å². The summed E-state index contributed by atoms with van der Waals surface area (Å²) in [6.07, 6.45) is 6.95. The highest BCUT2D eigenvalue weighted by Gasteiger charge is 2.19. The van der Waals surface area contributed by atoms with E-state index in [9.17, 15) is 5.26 Å². The minimum Gasteiger partial charge on any atom is -0.382 e. The molecule has 2 aromatic heterocycles. The van der Waals surface area contributed by atoms with Gasteiger partial charge in [-0.25, -0.2) is 9.36 Å². The first-order chi connectivity index (χ1) is 14.4. The van der Waals surface area contributed by atoms with Crippen molar-refractivity contribution in [3.63, 3.8) is 0 Å². The maximum Gasteiger partial charge on any atom is 0.191 e. The van der Waals surface area contributed by atoms with Crippen molar-refractivity contribution in [2.45, 2.75) is 78.8 Å². The third-order valence-electron chi connectivity index (χ3n) is 5.27. The first-order valence-corrected chi connectivity index (χ1v) is 10.9. The standard InChI is InChI=1S/C21H35N9/c1-6-8-9-10-15(3)29-20(23)19(17(5)28-29)26-27-21-18(13-22)14-25-30(21)16(4)11-12-24-7-2/h14-16,24H,6-12,23H2,1-5H3. The average molecular weight is 414 g/mol. The molecule has 9 nitrogen and oxygen atoms in total. The van der Waals surface area contributed by atoms with E-state index in [1.807, 2.05) is 11.6 Å². The number of hydrogen-bond donors (Lipinski definition) is 2. The van der Waals surface area contributed by atoms with Crippen LogP contribution in [0.1, 0.15) is 83.1 Å². The Balaban J connectivity index is 2.25. The number of nitrogen functional groups attached to an aromatic ring is 1. The van der Waals surface area contributed by atoms with Gasteiger partial charge in [-0.05, 0) is 46.7 Å². The molecule has 0 aliphatic heterocycles. The predicted molar refractivity (Wildman–Crippen MR) is 119 cm³/mol. The topological polar surface area (TPSA) is 122 Å². The van der Waals surface area contributed by atoms with Crippen molar-refractivity contribution >= 4 is 17.3 Å². The number of aromatic nitrogens is 4. The smallest absolute Gasteiger partial charge is 0.191 e. The summed E-state index contributed by atoms with van der Waals surface area (Å²) in [5.41, 5.74) is 8.02. The third kappa shape index (κ3) is 5.66. The third-order valence-corrected chi connectivity index (χ3v) is 5.27. The molecular formula is C21H35N9. The number of azo groups is 1. The molecule has 0 fully saturated rings. The maximum absolute atomic E-state index is 9.46. The second kappa shape index (κ2) is 11.5. The number of rotatable bonds is 12. The molecule has 2 rings (SSSR count). The van der Waals surface area contributed by atoms with E-state index < -0.39 is 0 Å². The van der Waals surface area contributed by atoms with E-state index in [4.69, 9.17) is 5.73 Å². The van der Waals surface area contributed by atoms with Crippen LogP contribution in [0.15, 0.2) is 16.4 Å². The lowest BCUT2D eigenvalue weighted by molar-refractivity contribution is 0.442. The molecule has 0 aliphatic rings. The average Bonchev–Trinajstić information content (AvgIpc) is 3.27. The summed E-state index contributed by atoms with van der Waals surface area (Å²) < 4.78 is 3.59. The van der Waals surface area contributed by atoms with Gasteiger partial charge in [0.15, 0.2) is 11.5 Å². The summed E-state index contributed by atoms with van der Waals surface area (Å²) in [4.78, 5) is 0. The number of nitrogens with one attached hydrogen (secondary N) is 1. The zero-order chi connectivity index (χ0) is 22.1. The van der Waals surface area contributed by atoms with Crippen molar-refractivity contribution in [3.05, 3.63) is 17.5 Å². The van der Waals surface area contributed by atoms with Crippen LogP contribution in [0.3, 0.4) is 0 Å². The van der Waals surface area contributed by atoms with Crippen molar-refractivity contribution in [1.29, 1.82) is 5.26 Å². The Morgan fingerprint density at radius 3 is 2.57 bits per heavy atom. The highest BCUT2D eigenvalue weighted by molar-refractivity contribution is 5.61. The van der Waals surface area contributed by atoms with Gasteiger partial charge in [0, 0.05) is 0 Å². The summed E-state index contributed by atoms with van der Waals surface area (Å²) in [7, 11) is 0. The summed E-state index contributed by atoms with van der Waals surface area (Å²) >= 11 is 0. The Labute approximate surface area is 179 Å². The Bertz CT molecular complexity index is 872. The van der Waals surface area contributed by atoms with Gasteiger partial charge in [-0.1, -0.05) is 33.1 Å². The number of hydrogen-bond acceptors (Lipinski definition) is 7. The molecule has 0 aliphatic carbocycles. The summed E-state index contributed by atoms with van der Waals surface area (Å²) in [6.45, 7) is 12.1. The van der Waals surface area contributed by atoms with Gasteiger partial charge in [0.2, 0.25) is 0 Å². The van der Waals surface area contributed by atoms with Gasteiger partial charge < -0.3 is 11.1 Å². The fourth-order valence-corrected chi connectivity index (χ4v) is 3.39. The Hall–Kier alpha value is -2.73. The van der Waals surface area contributed by atoms with E-state index in [2.05, 4.69) is 59.5 Å². The van der Waals surface area contributed by atoms with Crippen molar-refractivity contribution in [2.75, 3.05) is 18.8 Å². The van der Waals surface area contributed by atoms with E-state index >= 15 is 0 Å². The highest BCUT2D eigenvalue weighted by Crippen LogP contribution is 2.33. The van der Waals surface area contributed by atoms with E-state index in [-0.39, 0.29) is 12.1 Å². The largest absolute Gasteiger partial charge is 0.382 e. The number of nitrogens with zero attached hydrogens (tertiary/aromatic N) is 7. The summed E-state index contributed by atoms with van der Waals surface area (Å²) in [5, 5.41) is 30.5. The number of nitriles is 1. The van der Waals surface area contributed by atoms with Crippen LogP contribution in [0.25, 0.3) is 0 Å². The minimum absolute atomic E-state index is 0.0832. The van der Waals surface area contributed by atoms with Crippen LogP contribution in [-0.2, 0) is 0 Å². The summed E-state index contributed by atoms with van der Waals surface area (Å²) in [6, 6.07) is 2.43. The number of unbranched alkanes of at least 4 members (excludes halogenated alkanes) is 2. The highest BCUT2D eigenvalue weighted by atomic mass is 15.4. The Kier molecular flexibility index (Phi) is 8.99. The van der Waals surface area contributed by atoms with Gasteiger partial charge in [-0.2, -0.15) is 15.5 Å². The molecule has 2 aromatic rings. The van der Waals surface area contributed by atoms with Crippen molar-refractivity contribution in [3.8, 4) is 6.07 Å². The molecule has 0 spiro atoms. The van der Waals surface area contributed by atoms with E-state index in [0.717, 1.165) is 38.0 Å². The molecule has 0 amide bonds. The molecule has 0 aromatic carbocycles. The number of nitrogens with two attached hydrogens (primary N) is 1. The van der Waals surface area contributed by atoms with Crippen LogP contribution in [0.2, 0.25) is 0 Å². The molecule has 2 atom stereocenters. The molecule has 3 N–H and O–H groups in total. The molecule has 2 heterocycles. The predicted octanol–water partition coefficient (Wildman–Crippen LogP) is 4.96. The van der Waals surface area contributed by atoms with Crippen LogP contribution in [0, 0.1) is 18.3 Å². The summed E-state index contributed by atoms with van der Waals surface area (Å²) in [5.74, 6) is 0.953. The van der Waals surface area contributed by atoms with Gasteiger partial charge in [0.1, 0.15) is 17.5 Å². The molecular weight excluding hydrogens is 378 g/mol. The quantitative estimate of drug-likeness (QED) is 0.376. The van der Waals surface area contributed by atoms with Crippen LogP contribution in [0.5, 0.6) is 0 Å². The fourth-order valence-electron chi connectivity index (χ4n) is 3.39. The zero-order valence-electron chi connectivity index (χ0n) is 18.9. The second-order valence-electron chi connectivity index (χ2n) is 7.74. The van der Waals surface area contributed by atoms with E-state index in [1.54, 1.807) is 4.68 Å². The first kappa shape index (κ1) is 23.5. The van der Waals surface area contributed by atoms with Crippen LogP contribution in [0.4, 0.5) is 17.3 Å². The lowest BCUT2D eigenvalue weighted by atomic mass is 10.1. The van der Waals surface area contributed by atoms with Crippen LogP contribution in [-0.4, -0.2) is 32.7 Å².